The second kappa shape index (κ2) is 6.34. The van der Waals surface area contributed by atoms with Crippen LogP contribution in [0.25, 0.3) is 0 Å². The molecule has 0 heterocycles. The Hall–Kier alpha value is -1.63. The van der Waals surface area contributed by atoms with Crippen LogP contribution >= 0.6 is 0 Å². The highest BCUT2D eigenvalue weighted by Crippen LogP contribution is 2.09. The van der Waals surface area contributed by atoms with E-state index in [-0.39, 0.29) is 11.5 Å². The molecule has 1 rings (SSSR count). The molecule has 1 N–H and O–H groups in total. The Labute approximate surface area is 105 Å². The van der Waals surface area contributed by atoms with E-state index >= 15 is 0 Å². The molecule has 1 aromatic rings. The second-order valence-corrected chi connectivity index (χ2v) is 5.23. The molecule has 5 nitrogen and oxygen atoms in total. The van der Waals surface area contributed by atoms with E-state index in [0.717, 1.165) is 30.7 Å². The first-order valence-electron chi connectivity index (χ1n) is 5.41. The van der Waals surface area contributed by atoms with Crippen LogP contribution < -0.4 is 4.72 Å². The summed E-state index contributed by atoms with van der Waals surface area (Å²) < 4.78 is 42.3. The summed E-state index contributed by atoms with van der Waals surface area (Å²) in [5.74, 6) is -0.556. The van der Waals surface area contributed by atoms with Crippen LogP contribution in [0.4, 0.5) is 9.18 Å². The van der Waals surface area contributed by atoms with Gasteiger partial charge in [-0.05, 0) is 30.7 Å². The van der Waals surface area contributed by atoms with Crippen molar-refractivity contribution in [3.05, 3.63) is 30.1 Å². The van der Waals surface area contributed by atoms with Gasteiger partial charge in [-0.15, -0.1) is 0 Å². The first-order valence-corrected chi connectivity index (χ1v) is 6.89. The summed E-state index contributed by atoms with van der Waals surface area (Å²) in [6, 6.07) is 4.13. The van der Waals surface area contributed by atoms with E-state index in [4.69, 9.17) is 0 Å². The number of hydrogen-bond donors (Lipinski definition) is 1. The summed E-state index contributed by atoms with van der Waals surface area (Å²) in [5.41, 5.74) is 0. The van der Waals surface area contributed by atoms with Crippen LogP contribution in [0.3, 0.4) is 0 Å². The first-order chi connectivity index (χ1) is 8.45. The van der Waals surface area contributed by atoms with Crippen molar-refractivity contribution < 1.29 is 22.3 Å². The molecule has 0 atom stereocenters. The molecule has 0 aliphatic rings. The monoisotopic (exact) mass is 275 g/mol. The number of rotatable bonds is 5. The minimum absolute atomic E-state index is 0.154. The first kappa shape index (κ1) is 14.4. The highest BCUT2D eigenvalue weighted by molar-refractivity contribution is 7.90. The molecule has 1 aromatic carbocycles. The average molecular weight is 275 g/mol. The molecule has 0 unspecified atom stereocenters. The number of sulfonamides is 1. The van der Waals surface area contributed by atoms with E-state index < -0.39 is 21.9 Å². The Balaban J connectivity index is 2.64. The molecule has 0 aliphatic heterocycles. The van der Waals surface area contributed by atoms with Crippen LogP contribution in [0.1, 0.15) is 19.8 Å². The molecule has 0 spiro atoms. The fourth-order valence-electron chi connectivity index (χ4n) is 1.12. The summed E-state index contributed by atoms with van der Waals surface area (Å²) in [5, 5.41) is 0. The van der Waals surface area contributed by atoms with E-state index in [2.05, 4.69) is 4.74 Å². The van der Waals surface area contributed by atoms with Crippen molar-refractivity contribution in [3.8, 4) is 0 Å². The van der Waals surface area contributed by atoms with Gasteiger partial charge in [0, 0.05) is 0 Å². The van der Waals surface area contributed by atoms with E-state index in [1.807, 2.05) is 6.92 Å². The lowest BCUT2D eigenvalue weighted by Gasteiger charge is -2.07. The molecule has 0 radical (unpaired) electrons. The molecule has 0 saturated carbocycles. The molecule has 0 fully saturated rings. The number of benzene rings is 1. The highest BCUT2D eigenvalue weighted by Gasteiger charge is 2.18. The van der Waals surface area contributed by atoms with Gasteiger partial charge in [0.2, 0.25) is 0 Å². The van der Waals surface area contributed by atoms with Crippen LogP contribution in [-0.4, -0.2) is 21.1 Å². The zero-order valence-electron chi connectivity index (χ0n) is 9.85. The van der Waals surface area contributed by atoms with Crippen LogP contribution in [0.5, 0.6) is 0 Å². The Kier molecular flexibility index (Phi) is 5.08. The second-order valence-electron chi connectivity index (χ2n) is 3.55. The summed E-state index contributed by atoms with van der Waals surface area (Å²) >= 11 is 0. The molecule has 7 heteroatoms. The minimum Gasteiger partial charge on any atom is -0.449 e. The van der Waals surface area contributed by atoms with Crippen molar-refractivity contribution in [1.82, 2.24) is 4.72 Å². The van der Waals surface area contributed by atoms with Crippen molar-refractivity contribution in [1.29, 1.82) is 0 Å². The lowest BCUT2D eigenvalue weighted by Crippen LogP contribution is -2.31. The van der Waals surface area contributed by atoms with Gasteiger partial charge in [0.05, 0.1) is 11.5 Å². The van der Waals surface area contributed by atoms with Crippen molar-refractivity contribution in [2.75, 3.05) is 6.61 Å². The van der Waals surface area contributed by atoms with Gasteiger partial charge in [-0.3, -0.25) is 0 Å². The topological polar surface area (TPSA) is 72.5 Å². The van der Waals surface area contributed by atoms with Gasteiger partial charge in [0.15, 0.2) is 0 Å². The Morgan fingerprint density at radius 3 is 2.50 bits per heavy atom. The molecular formula is C11H14FNO4S. The van der Waals surface area contributed by atoms with Crippen molar-refractivity contribution in [3.63, 3.8) is 0 Å². The fourth-order valence-corrected chi connectivity index (χ4v) is 2.01. The maximum atomic E-state index is 12.6. The average Bonchev–Trinajstić information content (AvgIpc) is 2.29. The summed E-state index contributed by atoms with van der Waals surface area (Å²) in [6.45, 7) is 2.07. The summed E-state index contributed by atoms with van der Waals surface area (Å²) in [4.78, 5) is 11.0. The van der Waals surface area contributed by atoms with E-state index in [1.165, 1.54) is 0 Å². The minimum atomic E-state index is -4.00. The van der Waals surface area contributed by atoms with Gasteiger partial charge in [0.1, 0.15) is 5.82 Å². The van der Waals surface area contributed by atoms with E-state index in [1.54, 1.807) is 4.72 Å². The molecule has 0 aromatic heterocycles. The number of amides is 1. The normalized spacial score (nSPS) is 11.0. The fraction of sp³-hybridized carbons (Fsp3) is 0.364. The molecule has 0 aliphatic carbocycles. The maximum absolute atomic E-state index is 12.6. The van der Waals surface area contributed by atoms with Crippen molar-refractivity contribution in [2.24, 2.45) is 0 Å². The number of carbonyl (C=O) groups excluding carboxylic acids is 1. The predicted molar refractivity (Wildman–Crippen MR) is 63.0 cm³/mol. The Bertz CT molecular complexity index is 498. The van der Waals surface area contributed by atoms with Crippen LogP contribution in [-0.2, 0) is 14.8 Å². The van der Waals surface area contributed by atoms with Gasteiger partial charge in [0.25, 0.3) is 10.0 Å². The lowest BCUT2D eigenvalue weighted by molar-refractivity contribution is 0.151. The summed E-state index contributed by atoms with van der Waals surface area (Å²) in [6.07, 6.45) is 0.454. The number of carbonyl (C=O) groups is 1. The quantitative estimate of drug-likeness (QED) is 0.835. The van der Waals surface area contributed by atoms with Gasteiger partial charge < -0.3 is 4.74 Å². The molecule has 0 saturated heterocycles. The molecular weight excluding hydrogens is 261 g/mol. The number of nitrogens with one attached hydrogen (secondary N) is 1. The van der Waals surface area contributed by atoms with Gasteiger partial charge in [-0.2, -0.15) is 0 Å². The molecule has 100 valence electrons. The highest BCUT2D eigenvalue weighted by atomic mass is 32.2. The van der Waals surface area contributed by atoms with Crippen LogP contribution in [0.2, 0.25) is 0 Å². The predicted octanol–water partition coefficient (Wildman–Crippen LogP) is 2.04. The summed E-state index contributed by atoms with van der Waals surface area (Å²) in [7, 11) is -4.00. The van der Waals surface area contributed by atoms with Gasteiger partial charge >= 0.3 is 6.09 Å². The third kappa shape index (κ3) is 4.33. The molecule has 18 heavy (non-hydrogen) atoms. The number of ether oxygens (including phenoxy) is 1. The maximum Gasteiger partial charge on any atom is 0.421 e. The smallest absolute Gasteiger partial charge is 0.421 e. The van der Waals surface area contributed by atoms with Crippen molar-refractivity contribution in [2.45, 2.75) is 24.7 Å². The third-order valence-corrected chi connectivity index (χ3v) is 3.40. The molecule has 0 bridgehead atoms. The van der Waals surface area contributed by atoms with Gasteiger partial charge in [-0.25, -0.2) is 22.3 Å². The van der Waals surface area contributed by atoms with Crippen LogP contribution in [0, 0.1) is 5.82 Å². The number of halogens is 1. The Morgan fingerprint density at radius 2 is 1.94 bits per heavy atom. The van der Waals surface area contributed by atoms with Gasteiger partial charge in [-0.1, -0.05) is 13.3 Å². The number of unbranched alkanes of at least 4 members (excludes halogenated alkanes) is 1. The Morgan fingerprint density at radius 1 is 1.33 bits per heavy atom. The van der Waals surface area contributed by atoms with E-state index in [0.29, 0.717) is 6.42 Å². The largest absolute Gasteiger partial charge is 0.449 e. The number of hydrogen-bond acceptors (Lipinski definition) is 4. The van der Waals surface area contributed by atoms with Crippen molar-refractivity contribution >= 4 is 16.1 Å². The molecule has 1 amide bonds. The zero-order chi connectivity index (χ0) is 13.6. The van der Waals surface area contributed by atoms with E-state index in [9.17, 15) is 17.6 Å². The standard InChI is InChI=1S/C11H14FNO4S/c1-2-3-8-17-11(14)13-18(15,16)10-6-4-9(12)5-7-10/h4-7H,2-3,8H2,1H3,(H,13,14). The SMILES string of the molecule is CCCCOC(=O)NS(=O)(=O)c1ccc(F)cc1. The zero-order valence-corrected chi connectivity index (χ0v) is 10.7. The lowest BCUT2D eigenvalue weighted by atomic mass is 10.4. The third-order valence-electron chi connectivity index (χ3n) is 2.07. The van der Waals surface area contributed by atoms with Crippen LogP contribution in [0.15, 0.2) is 29.2 Å².